The van der Waals surface area contributed by atoms with E-state index in [1.165, 1.54) is 25.3 Å². The van der Waals surface area contributed by atoms with Crippen LogP contribution in [0, 0.1) is 10.1 Å². The lowest BCUT2D eigenvalue weighted by Gasteiger charge is -2.20. The number of methoxy groups -OCH3 is 1. The first-order valence-electron chi connectivity index (χ1n) is 7.76. The van der Waals surface area contributed by atoms with Crippen molar-refractivity contribution in [1.29, 1.82) is 0 Å². The SMILES string of the molecule is CCCCN(CCC(=O)OC)C(=O)/C=C/c1ccc([N+](=O)[O-])cc1. The predicted molar refractivity (Wildman–Crippen MR) is 90.3 cm³/mol. The van der Waals surface area contributed by atoms with Gasteiger partial charge in [-0.25, -0.2) is 0 Å². The van der Waals surface area contributed by atoms with Crippen molar-refractivity contribution in [1.82, 2.24) is 4.90 Å². The molecular weight excluding hydrogens is 312 g/mol. The van der Waals surface area contributed by atoms with E-state index in [9.17, 15) is 19.7 Å². The van der Waals surface area contributed by atoms with E-state index in [-0.39, 0.29) is 24.0 Å². The van der Waals surface area contributed by atoms with Crippen LogP contribution >= 0.6 is 0 Å². The Morgan fingerprint density at radius 3 is 2.46 bits per heavy atom. The summed E-state index contributed by atoms with van der Waals surface area (Å²) in [6, 6.07) is 5.92. The lowest BCUT2D eigenvalue weighted by Crippen LogP contribution is -2.32. The van der Waals surface area contributed by atoms with Crippen LogP contribution in [0.15, 0.2) is 30.3 Å². The Morgan fingerprint density at radius 1 is 1.25 bits per heavy atom. The van der Waals surface area contributed by atoms with Crippen molar-refractivity contribution in [3.8, 4) is 0 Å². The van der Waals surface area contributed by atoms with Crippen molar-refractivity contribution in [2.24, 2.45) is 0 Å². The number of rotatable bonds is 9. The van der Waals surface area contributed by atoms with Crippen LogP contribution in [0.2, 0.25) is 0 Å². The van der Waals surface area contributed by atoms with E-state index >= 15 is 0 Å². The molecule has 0 radical (unpaired) electrons. The Labute approximate surface area is 141 Å². The highest BCUT2D eigenvalue weighted by Crippen LogP contribution is 2.13. The van der Waals surface area contributed by atoms with Gasteiger partial charge in [0, 0.05) is 31.3 Å². The molecule has 0 unspecified atom stereocenters. The van der Waals surface area contributed by atoms with Crippen LogP contribution in [-0.2, 0) is 14.3 Å². The van der Waals surface area contributed by atoms with Crippen LogP contribution in [0.4, 0.5) is 5.69 Å². The quantitative estimate of drug-likeness (QED) is 0.300. The van der Waals surface area contributed by atoms with Gasteiger partial charge in [0.2, 0.25) is 5.91 Å². The number of amides is 1. The van der Waals surface area contributed by atoms with Crippen LogP contribution in [0.25, 0.3) is 6.08 Å². The van der Waals surface area contributed by atoms with Crippen LogP contribution in [0.1, 0.15) is 31.7 Å². The van der Waals surface area contributed by atoms with Crippen molar-refractivity contribution in [2.75, 3.05) is 20.2 Å². The minimum Gasteiger partial charge on any atom is -0.469 e. The first kappa shape index (κ1) is 19.3. The van der Waals surface area contributed by atoms with Crippen LogP contribution in [-0.4, -0.2) is 41.9 Å². The number of ether oxygens (including phenoxy) is 1. The molecule has 0 bridgehead atoms. The van der Waals surface area contributed by atoms with Crippen LogP contribution < -0.4 is 0 Å². The standard InChI is InChI=1S/C17H22N2O5/c1-3-4-12-18(13-11-17(21)24-2)16(20)10-7-14-5-8-15(9-6-14)19(22)23/h5-10H,3-4,11-13H2,1-2H3/b10-7+. The molecule has 0 N–H and O–H groups in total. The maximum absolute atomic E-state index is 12.3. The Hall–Kier alpha value is -2.70. The summed E-state index contributed by atoms with van der Waals surface area (Å²) in [6.45, 7) is 2.89. The summed E-state index contributed by atoms with van der Waals surface area (Å²) in [7, 11) is 1.31. The number of carbonyl (C=O) groups is 2. The van der Waals surface area contributed by atoms with Gasteiger partial charge in [0.1, 0.15) is 0 Å². The van der Waals surface area contributed by atoms with Crippen LogP contribution in [0.5, 0.6) is 0 Å². The molecule has 0 aliphatic rings. The molecule has 24 heavy (non-hydrogen) atoms. The average Bonchev–Trinajstić information content (AvgIpc) is 2.59. The van der Waals surface area contributed by atoms with E-state index in [1.807, 2.05) is 6.92 Å². The molecule has 0 fully saturated rings. The van der Waals surface area contributed by atoms with Crippen molar-refractivity contribution in [3.05, 3.63) is 46.0 Å². The summed E-state index contributed by atoms with van der Waals surface area (Å²) in [6.07, 6.45) is 4.95. The van der Waals surface area contributed by atoms with Crippen molar-refractivity contribution in [3.63, 3.8) is 0 Å². The van der Waals surface area contributed by atoms with Gasteiger partial charge < -0.3 is 9.64 Å². The Kier molecular flexibility index (Phi) is 8.18. The minimum atomic E-state index is -0.474. The zero-order valence-corrected chi connectivity index (χ0v) is 13.9. The summed E-state index contributed by atoms with van der Waals surface area (Å²) in [4.78, 5) is 35.3. The Bertz CT molecular complexity index is 596. The Morgan fingerprint density at radius 2 is 1.92 bits per heavy atom. The number of carbonyl (C=O) groups excluding carboxylic acids is 2. The number of nitro groups is 1. The van der Waals surface area contributed by atoms with E-state index < -0.39 is 4.92 Å². The van der Waals surface area contributed by atoms with Crippen LogP contribution in [0.3, 0.4) is 0 Å². The van der Waals surface area contributed by atoms with Gasteiger partial charge in [-0.15, -0.1) is 0 Å². The number of hydrogen-bond donors (Lipinski definition) is 0. The van der Waals surface area contributed by atoms with E-state index in [0.29, 0.717) is 18.7 Å². The zero-order chi connectivity index (χ0) is 17.9. The molecule has 0 spiro atoms. The predicted octanol–water partition coefficient (Wildman–Crippen LogP) is 2.80. The molecule has 0 saturated carbocycles. The van der Waals surface area contributed by atoms with E-state index in [0.717, 1.165) is 12.8 Å². The molecule has 0 aliphatic carbocycles. The summed E-state index contributed by atoms with van der Waals surface area (Å²) < 4.78 is 4.59. The van der Waals surface area contributed by atoms with E-state index in [2.05, 4.69) is 4.74 Å². The largest absolute Gasteiger partial charge is 0.469 e. The monoisotopic (exact) mass is 334 g/mol. The normalized spacial score (nSPS) is 10.6. The Balaban J connectivity index is 2.70. The fourth-order valence-electron chi connectivity index (χ4n) is 1.99. The van der Waals surface area contributed by atoms with Gasteiger partial charge in [-0.3, -0.25) is 19.7 Å². The summed E-state index contributed by atoms with van der Waals surface area (Å²) >= 11 is 0. The number of esters is 1. The summed E-state index contributed by atoms with van der Waals surface area (Å²) in [5, 5.41) is 10.6. The van der Waals surface area contributed by atoms with Crippen molar-refractivity contribution in [2.45, 2.75) is 26.2 Å². The third kappa shape index (κ3) is 6.60. The summed E-state index contributed by atoms with van der Waals surface area (Å²) in [5.41, 5.74) is 0.693. The number of benzene rings is 1. The second-order valence-electron chi connectivity index (χ2n) is 5.19. The molecule has 130 valence electrons. The van der Waals surface area contributed by atoms with Gasteiger partial charge in [0.25, 0.3) is 5.69 Å². The first-order chi connectivity index (χ1) is 11.5. The second kappa shape index (κ2) is 10.1. The molecule has 0 saturated heterocycles. The third-order valence-electron chi connectivity index (χ3n) is 3.43. The molecule has 0 heterocycles. The number of nitrogens with zero attached hydrogens (tertiary/aromatic N) is 2. The molecule has 0 aromatic heterocycles. The molecule has 0 atom stereocenters. The molecule has 7 nitrogen and oxygen atoms in total. The zero-order valence-electron chi connectivity index (χ0n) is 13.9. The molecule has 1 rings (SSSR count). The van der Waals surface area contributed by atoms with Crippen molar-refractivity contribution >= 4 is 23.6 Å². The second-order valence-corrected chi connectivity index (χ2v) is 5.19. The number of hydrogen-bond acceptors (Lipinski definition) is 5. The summed E-state index contributed by atoms with van der Waals surface area (Å²) in [5.74, 6) is -0.561. The fourth-order valence-corrected chi connectivity index (χ4v) is 1.99. The number of non-ortho nitro benzene ring substituents is 1. The number of unbranched alkanes of at least 4 members (excludes halogenated alkanes) is 1. The minimum absolute atomic E-state index is 0.00104. The molecular formula is C17H22N2O5. The van der Waals surface area contributed by atoms with Gasteiger partial charge in [0.15, 0.2) is 0 Å². The van der Waals surface area contributed by atoms with Gasteiger partial charge in [-0.05, 0) is 30.2 Å². The molecule has 1 amide bonds. The molecule has 0 aliphatic heterocycles. The van der Waals surface area contributed by atoms with Gasteiger partial charge >= 0.3 is 5.97 Å². The lowest BCUT2D eigenvalue weighted by molar-refractivity contribution is -0.384. The first-order valence-corrected chi connectivity index (χ1v) is 7.76. The molecule has 1 aromatic rings. The van der Waals surface area contributed by atoms with E-state index in [1.54, 1.807) is 23.1 Å². The van der Waals surface area contributed by atoms with Crippen molar-refractivity contribution < 1.29 is 19.2 Å². The molecule has 7 heteroatoms. The highest BCUT2D eigenvalue weighted by atomic mass is 16.6. The topological polar surface area (TPSA) is 89.8 Å². The highest BCUT2D eigenvalue weighted by molar-refractivity contribution is 5.92. The third-order valence-corrected chi connectivity index (χ3v) is 3.43. The number of nitro benzene ring substituents is 1. The van der Waals surface area contributed by atoms with E-state index in [4.69, 9.17) is 0 Å². The molecule has 1 aromatic carbocycles. The highest BCUT2D eigenvalue weighted by Gasteiger charge is 2.12. The fraction of sp³-hybridized carbons (Fsp3) is 0.412. The van der Waals surface area contributed by atoms with Gasteiger partial charge in [0.05, 0.1) is 18.5 Å². The average molecular weight is 334 g/mol. The maximum atomic E-state index is 12.3. The lowest BCUT2D eigenvalue weighted by atomic mass is 10.2. The van der Waals surface area contributed by atoms with Gasteiger partial charge in [-0.2, -0.15) is 0 Å². The smallest absolute Gasteiger partial charge is 0.307 e. The maximum Gasteiger partial charge on any atom is 0.307 e. The van der Waals surface area contributed by atoms with Gasteiger partial charge in [-0.1, -0.05) is 13.3 Å².